The summed E-state index contributed by atoms with van der Waals surface area (Å²) in [6.07, 6.45) is 1.89. The van der Waals surface area contributed by atoms with Gasteiger partial charge in [0.1, 0.15) is 5.75 Å². The Bertz CT molecular complexity index is 1030. The smallest absolute Gasteiger partial charge is 0.241 e. The molecule has 1 aliphatic rings. The molecule has 1 fully saturated rings. The number of rotatable bonds is 7. The first kappa shape index (κ1) is 22.0. The lowest BCUT2D eigenvalue weighted by Gasteiger charge is -2.33. The first-order chi connectivity index (χ1) is 15.5. The molecule has 1 saturated heterocycles. The third kappa shape index (κ3) is 5.34. The van der Waals surface area contributed by atoms with E-state index in [2.05, 4.69) is 46.2 Å². The van der Waals surface area contributed by atoms with E-state index in [1.54, 1.807) is 7.11 Å². The van der Waals surface area contributed by atoms with Crippen molar-refractivity contribution in [3.05, 3.63) is 65.5 Å². The molecule has 0 saturated carbocycles. The quantitative estimate of drug-likeness (QED) is 0.561. The first-order valence-corrected chi connectivity index (χ1v) is 11.0. The highest BCUT2D eigenvalue weighted by atomic mass is 16.5. The number of likely N-dealkylation sites (tertiary alicyclic amines) is 1. The number of aromatic nitrogens is 2. The highest BCUT2D eigenvalue weighted by molar-refractivity contribution is 5.79. The zero-order valence-electron chi connectivity index (χ0n) is 19.0. The maximum absolute atomic E-state index is 13.0. The Labute approximate surface area is 189 Å². The molecule has 0 spiro atoms. The van der Waals surface area contributed by atoms with Crippen molar-refractivity contribution in [3.63, 3.8) is 0 Å². The SMILES string of the molecule is COc1ccc(-c2noc(CN3CCCC(C(=O)N(C)Cc4ccc(C)cc4)C3)n2)cc1. The average molecular weight is 435 g/mol. The molecule has 1 unspecified atom stereocenters. The van der Waals surface area contributed by atoms with Crippen LogP contribution in [-0.2, 0) is 17.9 Å². The van der Waals surface area contributed by atoms with Crippen molar-refractivity contribution < 1.29 is 14.1 Å². The highest BCUT2D eigenvalue weighted by Gasteiger charge is 2.29. The van der Waals surface area contributed by atoms with Gasteiger partial charge in [-0.25, -0.2) is 0 Å². The molecule has 0 radical (unpaired) electrons. The molecule has 168 valence electrons. The van der Waals surface area contributed by atoms with Crippen LogP contribution in [0.2, 0.25) is 0 Å². The number of aryl methyl sites for hydroxylation is 1. The van der Waals surface area contributed by atoms with Gasteiger partial charge in [0.05, 0.1) is 19.6 Å². The lowest BCUT2D eigenvalue weighted by Crippen LogP contribution is -2.43. The van der Waals surface area contributed by atoms with E-state index in [4.69, 9.17) is 9.26 Å². The lowest BCUT2D eigenvalue weighted by molar-refractivity contribution is -0.136. The standard InChI is InChI=1S/C25H30N4O3/c1-18-6-8-19(9-7-18)15-28(2)25(30)21-5-4-14-29(16-21)17-23-26-24(27-32-23)20-10-12-22(31-3)13-11-20/h6-13,21H,4-5,14-17H2,1-3H3. The number of methoxy groups -OCH3 is 1. The molecule has 3 aromatic rings. The van der Waals surface area contributed by atoms with E-state index in [-0.39, 0.29) is 11.8 Å². The summed E-state index contributed by atoms with van der Waals surface area (Å²) in [4.78, 5) is 21.7. The van der Waals surface area contributed by atoms with Crippen LogP contribution in [0.15, 0.2) is 53.1 Å². The molecule has 32 heavy (non-hydrogen) atoms. The van der Waals surface area contributed by atoms with Gasteiger partial charge in [0.15, 0.2) is 0 Å². The number of carbonyl (C=O) groups is 1. The van der Waals surface area contributed by atoms with Crippen molar-refractivity contribution in [1.29, 1.82) is 0 Å². The minimum atomic E-state index is -0.0109. The molecule has 1 aromatic heterocycles. The van der Waals surface area contributed by atoms with E-state index < -0.39 is 0 Å². The van der Waals surface area contributed by atoms with Crippen LogP contribution >= 0.6 is 0 Å². The van der Waals surface area contributed by atoms with Gasteiger partial charge in [-0.15, -0.1) is 0 Å². The summed E-state index contributed by atoms with van der Waals surface area (Å²) < 4.78 is 10.7. The molecule has 0 N–H and O–H groups in total. The molecule has 2 aromatic carbocycles. The van der Waals surface area contributed by atoms with E-state index in [1.165, 1.54) is 5.56 Å². The molecule has 1 aliphatic heterocycles. The predicted octanol–water partition coefficient (Wildman–Crippen LogP) is 3.92. The molecule has 1 amide bonds. The minimum absolute atomic E-state index is 0.0109. The Morgan fingerprint density at radius 2 is 1.94 bits per heavy atom. The van der Waals surface area contributed by atoms with Crippen molar-refractivity contribution in [2.24, 2.45) is 5.92 Å². The monoisotopic (exact) mass is 434 g/mol. The van der Waals surface area contributed by atoms with Crippen molar-refractivity contribution in [1.82, 2.24) is 19.9 Å². The van der Waals surface area contributed by atoms with Gasteiger partial charge in [-0.05, 0) is 56.1 Å². The van der Waals surface area contributed by atoms with Crippen molar-refractivity contribution in [2.45, 2.75) is 32.9 Å². The highest BCUT2D eigenvalue weighted by Crippen LogP contribution is 2.23. The molecular weight excluding hydrogens is 404 g/mol. The molecule has 1 atom stereocenters. The molecule has 0 aliphatic carbocycles. The van der Waals surface area contributed by atoms with Crippen LogP contribution < -0.4 is 4.74 Å². The second-order valence-electron chi connectivity index (χ2n) is 8.49. The summed E-state index contributed by atoms with van der Waals surface area (Å²) in [6, 6.07) is 15.9. The molecule has 7 heteroatoms. The van der Waals surface area contributed by atoms with E-state index in [0.29, 0.717) is 31.3 Å². The number of hydrogen-bond acceptors (Lipinski definition) is 6. The Balaban J connectivity index is 1.34. The number of benzene rings is 2. The number of piperidine rings is 1. The summed E-state index contributed by atoms with van der Waals surface area (Å²) in [7, 11) is 3.53. The second kappa shape index (κ2) is 9.96. The van der Waals surface area contributed by atoms with Gasteiger partial charge in [0.2, 0.25) is 17.6 Å². The number of carbonyl (C=O) groups excluding carboxylic acids is 1. The zero-order valence-corrected chi connectivity index (χ0v) is 19.0. The van der Waals surface area contributed by atoms with Crippen LogP contribution in [0.5, 0.6) is 5.75 Å². The lowest BCUT2D eigenvalue weighted by atomic mass is 9.96. The third-order valence-electron chi connectivity index (χ3n) is 5.95. The Morgan fingerprint density at radius 3 is 2.66 bits per heavy atom. The van der Waals surface area contributed by atoms with Crippen LogP contribution in [0.4, 0.5) is 0 Å². The van der Waals surface area contributed by atoms with Crippen molar-refractivity contribution >= 4 is 5.91 Å². The molecule has 0 bridgehead atoms. The van der Waals surface area contributed by atoms with Gasteiger partial charge < -0.3 is 14.2 Å². The largest absolute Gasteiger partial charge is 0.497 e. The van der Waals surface area contributed by atoms with E-state index in [0.717, 1.165) is 36.3 Å². The third-order valence-corrected chi connectivity index (χ3v) is 5.95. The van der Waals surface area contributed by atoms with Crippen LogP contribution in [0.1, 0.15) is 29.9 Å². The Hall–Kier alpha value is -3.19. The van der Waals surface area contributed by atoms with Crippen LogP contribution in [0.3, 0.4) is 0 Å². The fraction of sp³-hybridized carbons (Fsp3) is 0.400. The minimum Gasteiger partial charge on any atom is -0.497 e. The number of ether oxygens (including phenoxy) is 1. The van der Waals surface area contributed by atoms with Gasteiger partial charge in [-0.3, -0.25) is 9.69 Å². The van der Waals surface area contributed by atoms with Crippen molar-refractivity contribution in [2.75, 3.05) is 27.2 Å². The fourth-order valence-electron chi connectivity index (χ4n) is 4.13. The molecule has 2 heterocycles. The summed E-state index contributed by atoms with van der Waals surface area (Å²) >= 11 is 0. The maximum Gasteiger partial charge on any atom is 0.241 e. The van der Waals surface area contributed by atoms with E-state index >= 15 is 0 Å². The van der Waals surface area contributed by atoms with E-state index in [1.807, 2.05) is 36.2 Å². The van der Waals surface area contributed by atoms with E-state index in [9.17, 15) is 4.79 Å². The summed E-state index contributed by atoms with van der Waals surface area (Å²) in [5.74, 6) is 2.10. The second-order valence-corrected chi connectivity index (χ2v) is 8.49. The molecule has 4 rings (SSSR count). The van der Waals surface area contributed by atoms with Crippen LogP contribution in [-0.4, -0.2) is 53.1 Å². The normalized spacial score (nSPS) is 16.7. The maximum atomic E-state index is 13.0. The summed E-state index contributed by atoms with van der Waals surface area (Å²) in [6.45, 7) is 4.88. The molecular formula is C25H30N4O3. The average Bonchev–Trinajstić information content (AvgIpc) is 3.28. The van der Waals surface area contributed by atoms with Gasteiger partial charge in [0.25, 0.3) is 0 Å². The predicted molar refractivity (Wildman–Crippen MR) is 122 cm³/mol. The number of hydrogen-bond donors (Lipinski definition) is 0. The van der Waals surface area contributed by atoms with Crippen LogP contribution in [0, 0.1) is 12.8 Å². The summed E-state index contributed by atoms with van der Waals surface area (Å²) in [5.41, 5.74) is 3.25. The van der Waals surface area contributed by atoms with Crippen LogP contribution in [0.25, 0.3) is 11.4 Å². The fourth-order valence-corrected chi connectivity index (χ4v) is 4.13. The first-order valence-electron chi connectivity index (χ1n) is 11.0. The number of amides is 1. The topological polar surface area (TPSA) is 71.7 Å². The van der Waals surface area contributed by atoms with Gasteiger partial charge in [0, 0.05) is 25.7 Å². The van der Waals surface area contributed by atoms with Crippen molar-refractivity contribution in [3.8, 4) is 17.1 Å². The van der Waals surface area contributed by atoms with Gasteiger partial charge >= 0.3 is 0 Å². The number of nitrogens with zero attached hydrogens (tertiary/aromatic N) is 4. The van der Waals surface area contributed by atoms with Gasteiger partial charge in [-0.1, -0.05) is 35.0 Å². The summed E-state index contributed by atoms with van der Waals surface area (Å²) in [5, 5.41) is 4.11. The Morgan fingerprint density at radius 1 is 1.19 bits per heavy atom. The molecule has 7 nitrogen and oxygen atoms in total. The zero-order chi connectivity index (χ0) is 22.5. The van der Waals surface area contributed by atoms with Gasteiger partial charge in [-0.2, -0.15) is 4.98 Å². The Kier molecular flexibility index (Phi) is 6.85.